The predicted octanol–water partition coefficient (Wildman–Crippen LogP) is 2.77. The lowest BCUT2D eigenvalue weighted by atomic mass is 9.49. The van der Waals surface area contributed by atoms with Crippen LogP contribution in [0.4, 0.5) is 0 Å². The smallest absolute Gasteiger partial charge is 0.226 e. The van der Waals surface area contributed by atoms with Crippen molar-refractivity contribution in [3.63, 3.8) is 0 Å². The van der Waals surface area contributed by atoms with Crippen LogP contribution < -0.4 is 11.1 Å². The van der Waals surface area contributed by atoms with Gasteiger partial charge in [0.05, 0.1) is 11.0 Å². The lowest BCUT2D eigenvalue weighted by molar-refractivity contribution is -0.146. The van der Waals surface area contributed by atoms with E-state index in [1.54, 1.807) is 0 Å². The predicted molar refractivity (Wildman–Crippen MR) is 84.2 cm³/mol. The second kappa shape index (κ2) is 5.28. The molecule has 4 rings (SSSR count). The number of hydrogen-bond acceptors (Lipinski definition) is 2. The zero-order valence-electron chi connectivity index (χ0n) is 12.4. The van der Waals surface area contributed by atoms with Crippen LogP contribution in [0.3, 0.4) is 0 Å². The van der Waals surface area contributed by atoms with Crippen molar-refractivity contribution < 1.29 is 4.79 Å². The summed E-state index contributed by atoms with van der Waals surface area (Å²) in [5, 5.41) is 3.17. The maximum atomic E-state index is 12.9. The van der Waals surface area contributed by atoms with Crippen molar-refractivity contribution in [1.82, 2.24) is 5.32 Å². The Morgan fingerprint density at radius 2 is 1.75 bits per heavy atom. The minimum absolute atomic E-state index is 0.0917. The van der Waals surface area contributed by atoms with Gasteiger partial charge in [0.15, 0.2) is 0 Å². The maximum Gasteiger partial charge on any atom is 0.226 e. The van der Waals surface area contributed by atoms with Gasteiger partial charge in [0.1, 0.15) is 0 Å². The summed E-state index contributed by atoms with van der Waals surface area (Å²) >= 11 is 5.11. The topological polar surface area (TPSA) is 55.1 Å². The van der Waals surface area contributed by atoms with Crippen LogP contribution in [-0.2, 0) is 4.79 Å². The molecule has 3 N–H and O–H groups in total. The van der Waals surface area contributed by atoms with E-state index in [1.807, 2.05) is 0 Å². The number of carbonyl (C=O) groups excluding carboxylic acids is 1. The first-order valence-electron chi connectivity index (χ1n) is 8.12. The van der Waals surface area contributed by atoms with E-state index in [9.17, 15) is 4.79 Å². The van der Waals surface area contributed by atoms with Crippen LogP contribution in [0, 0.1) is 23.2 Å². The minimum atomic E-state index is -0.115. The Morgan fingerprint density at radius 3 is 2.15 bits per heavy atom. The van der Waals surface area contributed by atoms with Gasteiger partial charge in [-0.2, -0.15) is 0 Å². The molecule has 4 saturated carbocycles. The van der Waals surface area contributed by atoms with E-state index in [-0.39, 0.29) is 17.4 Å². The number of nitrogens with one attached hydrogen (secondary N) is 1. The lowest BCUT2D eigenvalue weighted by Gasteiger charge is -2.55. The van der Waals surface area contributed by atoms with Gasteiger partial charge >= 0.3 is 0 Å². The highest BCUT2D eigenvalue weighted by atomic mass is 32.1. The van der Waals surface area contributed by atoms with Gasteiger partial charge < -0.3 is 11.1 Å². The summed E-state index contributed by atoms with van der Waals surface area (Å²) in [7, 11) is 0. The van der Waals surface area contributed by atoms with E-state index in [0.717, 1.165) is 49.9 Å². The van der Waals surface area contributed by atoms with E-state index >= 15 is 0 Å². The molecule has 0 saturated heterocycles. The molecule has 4 heteroatoms. The zero-order chi connectivity index (χ0) is 14.3. The molecule has 1 atom stereocenters. The Morgan fingerprint density at radius 1 is 1.25 bits per heavy atom. The van der Waals surface area contributed by atoms with Gasteiger partial charge in [-0.1, -0.05) is 25.6 Å². The summed E-state index contributed by atoms with van der Waals surface area (Å²) < 4.78 is 0. The Kier molecular flexibility index (Phi) is 3.78. The molecule has 0 heterocycles. The molecule has 0 aliphatic heterocycles. The van der Waals surface area contributed by atoms with Crippen molar-refractivity contribution in [3.05, 3.63) is 0 Å². The fraction of sp³-hybridized carbons (Fsp3) is 0.875. The number of hydrogen-bond donors (Lipinski definition) is 2. The molecule has 0 aromatic heterocycles. The second-order valence-corrected chi connectivity index (χ2v) is 7.89. The lowest BCUT2D eigenvalue weighted by Crippen LogP contribution is -2.56. The number of nitrogens with two attached hydrogens (primary N) is 1. The highest BCUT2D eigenvalue weighted by molar-refractivity contribution is 7.80. The first kappa shape index (κ1) is 14.3. The molecule has 4 aliphatic rings. The molecule has 112 valence electrons. The standard InChI is InChI=1S/C16H26N2OS/c1-2-3-13(14(17)20)18-15(19)16-7-10-4-11(8-16)6-12(5-10)9-16/h10-13H,2-9H2,1H3,(H2,17,20)(H,18,19). The van der Waals surface area contributed by atoms with Crippen LogP contribution in [0.1, 0.15) is 58.3 Å². The summed E-state index contributed by atoms with van der Waals surface area (Å²) in [6.07, 6.45) is 9.22. The summed E-state index contributed by atoms with van der Waals surface area (Å²) in [6.45, 7) is 2.10. The van der Waals surface area contributed by atoms with E-state index < -0.39 is 0 Å². The van der Waals surface area contributed by atoms with Crippen LogP contribution in [0.2, 0.25) is 0 Å². The average molecular weight is 294 g/mol. The summed E-state index contributed by atoms with van der Waals surface area (Å²) in [4.78, 5) is 13.3. The highest BCUT2D eigenvalue weighted by Crippen LogP contribution is 2.60. The molecular weight excluding hydrogens is 268 g/mol. The van der Waals surface area contributed by atoms with Gasteiger partial charge in [-0.15, -0.1) is 0 Å². The molecule has 4 aliphatic carbocycles. The van der Waals surface area contributed by atoms with Gasteiger partial charge in [-0.25, -0.2) is 0 Å². The SMILES string of the molecule is CCCC(NC(=O)C12CC3CC(CC(C3)C1)C2)C(N)=S. The van der Waals surface area contributed by atoms with Crippen LogP contribution in [0.25, 0.3) is 0 Å². The Labute approximate surface area is 127 Å². The van der Waals surface area contributed by atoms with Crippen molar-refractivity contribution in [2.45, 2.75) is 64.3 Å². The first-order valence-corrected chi connectivity index (χ1v) is 8.53. The van der Waals surface area contributed by atoms with Crippen molar-refractivity contribution >= 4 is 23.1 Å². The van der Waals surface area contributed by atoms with Crippen LogP contribution in [-0.4, -0.2) is 16.9 Å². The van der Waals surface area contributed by atoms with Crippen molar-refractivity contribution in [3.8, 4) is 0 Å². The molecule has 0 aromatic carbocycles. The molecule has 3 nitrogen and oxygen atoms in total. The van der Waals surface area contributed by atoms with Crippen LogP contribution >= 0.6 is 12.2 Å². The largest absolute Gasteiger partial charge is 0.392 e. The monoisotopic (exact) mass is 294 g/mol. The van der Waals surface area contributed by atoms with E-state index in [0.29, 0.717) is 4.99 Å². The molecule has 4 fully saturated rings. The van der Waals surface area contributed by atoms with Gasteiger partial charge in [0.25, 0.3) is 0 Å². The Balaban J connectivity index is 1.71. The maximum absolute atomic E-state index is 12.9. The van der Waals surface area contributed by atoms with Gasteiger partial charge in [-0.05, 0) is 62.7 Å². The minimum Gasteiger partial charge on any atom is -0.392 e. The van der Waals surface area contributed by atoms with E-state index in [2.05, 4.69) is 12.2 Å². The molecule has 1 unspecified atom stereocenters. The molecule has 0 aromatic rings. The third-order valence-corrected chi connectivity index (χ3v) is 6.03. The normalized spacial score (nSPS) is 39.5. The van der Waals surface area contributed by atoms with Crippen LogP contribution in [0.15, 0.2) is 0 Å². The van der Waals surface area contributed by atoms with E-state index in [1.165, 1.54) is 19.3 Å². The quantitative estimate of drug-likeness (QED) is 0.767. The molecule has 4 bridgehead atoms. The fourth-order valence-electron chi connectivity index (χ4n) is 5.27. The summed E-state index contributed by atoms with van der Waals surface area (Å²) in [6, 6.07) is -0.115. The molecule has 20 heavy (non-hydrogen) atoms. The molecule has 0 spiro atoms. The average Bonchev–Trinajstić information content (AvgIpc) is 2.36. The number of carbonyl (C=O) groups is 1. The van der Waals surface area contributed by atoms with Crippen molar-refractivity contribution in [2.24, 2.45) is 28.9 Å². The number of rotatable bonds is 5. The molecule has 1 amide bonds. The van der Waals surface area contributed by atoms with E-state index in [4.69, 9.17) is 18.0 Å². The number of amides is 1. The van der Waals surface area contributed by atoms with Crippen LogP contribution in [0.5, 0.6) is 0 Å². The third kappa shape index (κ3) is 2.47. The van der Waals surface area contributed by atoms with Gasteiger partial charge in [0.2, 0.25) is 5.91 Å². The summed E-state index contributed by atoms with van der Waals surface area (Å²) in [5.41, 5.74) is 5.69. The van der Waals surface area contributed by atoms with Crippen molar-refractivity contribution in [1.29, 1.82) is 0 Å². The Hall–Kier alpha value is -0.640. The first-order chi connectivity index (χ1) is 9.52. The Bertz CT molecular complexity index is 385. The zero-order valence-corrected chi connectivity index (χ0v) is 13.2. The molecule has 0 radical (unpaired) electrons. The third-order valence-electron chi connectivity index (χ3n) is 5.75. The number of thiocarbonyl (C=S) groups is 1. The molecular formula is C16H26N2OS. The summed E-state index contributed by atoms with van der Waals surface area (Å²) in [5.74, 6) is 2.62. The van der Waals surface area contributed by atoms with Crippen molar-refractivity contribution in [2.75, 3.05) is 0 Å². The van der Waals surface area contributed by atoms with Gasteiger partial charge in [-0.3, -0.25) is 4.79 Å². The fourth-order valence-corrected chi connectivity index (χ4v) is 5.45. The van der Waals surface area contributed by atoms with Gasteiger partial charge in [0, 0.05) is 5.41 Å². The highest BCUT2D eigenvalue weighted by Gasteiger charge is 2.54. The second-order valence-electron chi connectivity index (χ2n) is 7.41.